The van der Waals surface area contributed by atoms with Gasteiger partial charge < -0.3 is 18.9 Å². The van der Waals surface area contributed by atoms with E-state index in [-0.39, 0.29) is 12.2 Å². The average Bonchev–Trinajstić information content (AvgIpc) is 3.02. The van der Waals surface area contributed by atoms with E-state index in [0.717, 1.165) is 0 Å². The van der Waals surface area contributed by atoms with Crippen molar-refractivity contribution in [3.63, 3.8) is 0 Å². The van der Waals surface area contributed by atoms with Crippen LogP contribution < -0.4 is 0 Å². The summed E-state index contributed by atoms with van der Waals surface area (Å²) in [6.45, 7) is 4.06. The predicted molar refractivity (Wildman–Crippen MR) is 66.7 cm³/mol. The van der Waals surface area contributed by atoms with Gasteiger partial charge in [0, 0.05) is 0 Å². The number of hydroxylamine groups is 2. The monoisotopic (exact) mass is 301 g/mol. The summed E-state index contributed by atoms with van der Waals surface area (Å²) in [4.78, 5) is 29.5. The van der Waals surface area contributed by atoms with Gasteiger partial charge in [0.15, 0.2) is 11.9 Å². The molecular formula is C13H19NO7. The molecule has 0 bridgehead atoms. The van der Waals surface area contributed by atoms with E-state index < -0.39 is 35.8 Å². The number of esters is 2. The number of carbonyl (C=O) groups excluding carboxylic acids is 2. The first kappa shape index (κ1) is 14.7. The number of nitrogens with zero attached hydrogens (tertiary/aromatic N) is 1. The second kappa shape index (κ2) is 4.91. The van der Waals surface area contributed by atoms with E-state index in [1.165, 1.54) is 14.2 Å². The van der Waals surface area contributed by atoms with Crippen LogP contribution in [-0.4, -0.2) is 67.9 Å². The van der Waals surface area contributed by atoms with Crippen molar-refractivity contribution in [3.8, 4) is 0 Å². The van der Waals surface area contributed by atoms with Gasteiger partial charge in [-0.3, -0.25) is 9.63 Å². The lowest BCUT2D eigenvalue weighted by Crippen LogP contribution is -2.44. The maximum absolute atomic E-state index is 12.1. The van der Waals surface area contributed by atoms with Crippen LogP contribution in [0.1, 0.15) is 13.8 Å². The third-order valence-corrected chi connectivity index (χ3v) is 4.10. The molecule has 0 N–H and O–H groups in total. The van der Waals surface area contributed by atoms with Gasteiger partial charge >= 0.3 is 11.9 Å². The van der Waals surface area contributed by atoms with Crippen molar-refractivity contribution in [2.75, 3.05) is 20.8 Å². The highest BCUT2D eigenvalue weighted by Gasteiger charge is 2.64. The number of hydrogen-bond acceptors (Lipinski definition) is 8. The number of rotatable bonds is 2. The molecule has 3 aliphatic heterocycles. The number of methoxy groups -OCH3 is 2. The van der Waals surface area contributed by atoms with Crippen molar-refractivity contribution in [2.45, 2.75) is 44.0 Å². The summed E-state index contributed by atoms with van der Waals surface area (Å²) in [5, 5.41) is 1.58. The first-order valence-corrected chi connectivity index (χ1v) is 6.82. The molecule has 0 aliphatic carbocycles. The Morgan fingerprint density at radius 1 is 1.14 bits per heavy atom. The van der Waals surface area contributed by atoms with Gasteiger partial charge in [0.05, 0.1) is 26.8 Å². The molecule has 118 valence electrons. The van der Waals surface area contributed by atoms with Gasteiger partial charge in [-0.2, -0.15) is 5.06 Å². The molecule has 0 radical (unpaired) electrons. The zero-order valence-electron chi connectivity index (χ0n) is 12.4. The van der Waals surface area contributed by atoms with E-state index in [4.69, 9.17) is 23.8 Å². The normalized spacial score (nSPS) is 40.7. The molecule has 1 unspecified atom stereocenters. The summed E-state index contributed by atoms with van der Waals surface area (Å²) in [6, 6.07) is -0.423. The minimum Gasteiger partial charge on any atom is -0.469 e. The number of carbonyl (C=O) groups is 2. The van der Waals surface area contributed by atoms with Crippen molar-refractivity contribution in [1.82, 2.24) is 5.06 Å². The fourth-order valence-electron chi connectivity index (χ4n) is 3.35. The molecule has 21 heavy (non-hydrogen) atoms. The van der Waals surface area contributed by atoms with Crippen LogP contribution in [0.2, 0.25) is 0 Å². The highest BCUT2D eigenvalue weighted by Crippen LogP contribution is 2.44. The van der Waals surface area contributed by atoms with Crippen LogP contribution in [0.5, 0.6) is 0 Å². The fraction of sp³-hybridized carbons (Fsp3) is 0.846. The Labute approximate surface area is 122 Å². The Morgan fingerprint density at radius 2 is 1.81 bits per heavy atom. The van der Waals surface area contributed by atoms with Crippen molar-refractivity contribution < 1.29 is 33.4 Å². The summed E-state index contributed by atoms with van der Waals surface area (Å²) in [6.07, 6.45) is -1.56. The summed E-state index contributed by atoms with van der Waals surface area (Å²) in [7, 11) is 2.53. The van der Waals surface area contributed by atoms with Crippen LogP contribution in [0.3, 0.4) is 0 Å². The number of ether oxygens (including phenoxy) is 4. The summed E-state index contributed by atoms with van der Waals surface area (Å²) >= 11 is 0. The summed E-state index contributed by atoms with van der Waals surface area (Å²) in [5.74, 6) is -2.64. The molecule has 0 amide bonds. The highest BCUT2D eigenvalue weighted by molar-refractivity contribution is 5.85. The quantitative estimate of drug-likeness (QED) is 0.629. The van der Waals surface area contributed by atoms with Crippen molar-refractivity contribution in [2.24, 2.45) is 5.92 Å². The Bertz CT molecular complexity index is 465. The maximum atomic E-state index is 12.1. The first-order valence-electron chi connectivity index (χ1n) is 6.82. The lowest BCUT2D eigenvalue weighted by atomic mass is 9.91. The first-order chi connectivity index (χ1) is 9.88. The zero-order chi connectivity index (χ0) is 15.4. The van der Waals surface area contributed by atoms with E-state index in [1.54, 1.807) is 5.06 Å². The second-order valence-corrected chi connectivity index (χ2v) is 5.83. The van der Waals surface area contributed by atoms with Crippen molar-refractivity contribution in [3.05, 3.63) is 0 Å². The smallest absolute Gasteiger partial charge is 0.338 e. The molecule has 0 saturated carbocycles. The van der Waals surface area contributed by atoms with Crippen LogP contribution in [-0.2, 0) is 33.4 Å². The van der Waals surface area contributed by atoms with Crippen LogP contribution >= 0.6 is 0 Å². The molecule has 0 spiro atoms. The molecule has 0 aromatic carbocycles. The van der Waals surface area contributed by atoms with Crippen LogP contribution in [0, 0.1) is 5.92 Å². The molecular weight excluding hydrogens is 282 g/mol. The van der Waals surface area contributed by atoms with E-state index in [1.807, 2.05) is 13.8 Å². The summed E-state index contributed by atoms with van der Waals surface area (Å²) < 4.78 is 21.2. The van der Waals surface area contributed by atoms with Gasteiger partial charge in [-0.1, -0.05) is 0 Å². The Hall–Kier alpha value is -1.22. The number of hydrogen-bond donors (Lipinski definition) is 0. The van der Waals surface area contributed by atoms with Crippen LogP contribution in [0.15, 0.2) is 0 Å². The molecule has 0 aromatic rings. The minimum absolute atomic E-state index is 0.198. The van der Waals surface area contributed by atoms with E-state index in [9.17, 15) is 9.59 Å². The van der Waals surface area contributed by atoms with E-state index >= 15 is 0 Å². The molecule has 3 heterocycles. The van der Waals surface area contributed by atoms with Crippen molar-refractivity contribution in [1.29, 1.82) is 0 Å². The third-order valence-electron chi connectivity index (χ3n) is 4.10. The Balaban J connectivity index is 1.88. The molecule has 8 nitrogen and oxygen atoms in total. The standard InChI is InChI=1S/C13H19NO7/c1-13(2)19-6-5-14-8(9(6)20-13)7(11(15)17-3)10(21-14)12(16)18-4/h6-10H,5H2,1-4H3/t6?,7-,8-,9+,10+/m1/s1. The van der Waals surface area contributed by atoms with Crippen LogP contribution in [0.25, 0.3) is 0 Å². The van der Waals surface area contributed by atoms with Crippen LogP contribution in [0.4, 0.5) is 0 Å². The van der Waals surface area contributed by atoms with Gasteiger partial charge in [-0.15, -0.1) is 0 Å². The van der Waals surface area contributed by atoms with Gasteiger partial charge in [0.2, 0.25) is 0 Å². The SMILES string of the molecule is COC(=O)[C@@H]1[C@@H]2[C@H]3OC(C)(C)OC3CN2O[C@@H]1C(=O)OC. The lowest BCUT2D eigenvalue weighted by molar-refractivity contribution is -0.209. The zero-order valence-corrected chi connectivity index (χ0v) is 12.4. The second-order valence-electron chi connectivity index (χ2n) is 5.83. The minimum atomic E-state index is -1.01. The summed E-state index contributed by atoms with van der Waals surface area (Å²) in [5.41, 5.74) is 0. The Kier molecular flexibility index (Phi) is 3.44. The highest BCUT2D eigenvalue weighted by atomic mass is 16.8. The molecule has 3 saturated heterocycles. The predicted octanol–water partition coefficient (Wildman–Crippen LogP) is -0.533. The van der Waals surface area contributed by atoms with Crippen molar-refractivity contribution >= 4 is 11.9 Å². The topological polar surface area (TPSA) is 83.5 Å². The largest absolute Gasteiger partial charge is 0.469 e. The van der Waals surface area contributed by atoms with E-state index in [0.29, 0.717) is 6.54 Å². The van der Waals surface area contributed by atoms with Gasteiger partial charge in [-0.05, 0) is 13.8 Å². The molecule has 0 aromatic heterocycles. The van der Waals surface area contributed by atoms with Gasteiger partial charge in [0.1, 0.15) is 18.1 Å². The fourth-order valence-corrected chi connectivity index (χ4v) is 3.35. The number of fused-ring (bicyclic) bond motifs is 3. The van der Waals surface area contributed by atoms with Gasteiger partial charge in [-0.25, -0.2) is 4.79 Å². The Morgan fingerprint density at radius 3 is 2.43 bits per heavy atom. The maximum Gasteiger partial charge on any atom is 0.338 e. The van der Waals surface area contributed by atoms with E-state index in [2.05, 4.69) is 0 Å². The van der Waals surface area contributed by atoms with Gasteiger partial charge in [0.25, 0.3) is 0 Å². The molecule has 3 fully saturated rings. The third kappa shape index (κ3) is 2.22. The average molecular weight is 301 g/mol. The lowest BCUT2D eigenvalue weighted by Gasteiger charge is -2.24. The molecule has 8 heteroatoms. The molecule has 3 rings (SSSR count). The molecule has 3 aliphatic rings. The molecule has 5 atom stereocenters.